The molecule has 1 fully saturated rings. The van der Waals surface area contributed by atoms with Crippen molar-refractivity contribution in [3.8, 4) is 0 Å². The highest BCUT2D eigenvalue weighted by molar-refractivity contribution is 5.84. The maximum absolute atomic E-state index is 12.3. The highest BCUT2D eigenvalue weighted by Gasteiger charge is 2.22. The van der Waals surface area contributed by atoms with Gasteiger partial charge in [-0.25, -0.2) is 9.97 Å². The first kappa shape index (κ1) is 13.8. The van der Waals surface area contributed by atoms with Crippen molar-refractivity contribution in [1.29, 1.82) is 0 Å². The van der Waals surface area contributed by atoms with E-state index in [0.29, 0.717) is 0 Å². The molecular weight excluding hydrogens is 240 g/mol. The molecule has 1 unspecified atom stereocenters. The molecule has 5 heteroatoms. The topological polar surface area (TPSA) is 58.1 Å². The van der Waals surface area contributed by atoms with Crippen LogP contribution in [-0.4, -0.2) is 39.9 Å². The first-order valence-corrected chi connectivity index (χ1v) is 7.07. The Bertz CT molecular complexity index is 429. The Balaban J connectivity index is 1.95. The van der Waals surface area contributed by atoms with Gasteiger partial charge in [0.2, 0.25) is 5.91 Å². The number of amides is 1. The van der Waals surface area contributed by atoms with E-state index in [2.05, 4.69) is 22.2 Å². The summed E-state index contributed by atoms with van der Waals surface area (Å²) in [4.78, 5) is 22.5. The number of rotatable bonds is 4. The number of aryl methyl sites for hydroxylation is 1. The number of likely N-dealkylation sites (tertiary alicyclic amines) is 1. The van der Waals surface area contributed by atoms with E-state index >= 15 is 0 Å². The van der Waals surface area contributed by atoms with Crippen LogP contribution in [0, 0.1) is 0 Å². The summed E-state index contributed by atoms with van der Waals surface area (Å²) in [6, 6.07) is 1.66. The summed E-state index contributed by atoms with van der Waals surface area (Å²) in [6.45, 7) is 5.71. The third-order valence-electron chi connectivity index (χ3n) is 3.49. The van der Waals surface area contributed by atoms with Gasteiger partial charge in [-0.05, 0) is 32.6 Å². The third-order valence-corrected chi connectivity index (χ3v) is 3.49. The maximum Gasteiger partial charge on any atom is 0.244 e. The summed E-state index contributed by atoms with van der Waals surface area (Å²) in [7, 11) is 0. The second kappa shape index (κ2) is 6.50. The quantitative estimate of drug-likeness (QED) is 0.899. The van der Waals surface area contributed by atoms with E-state index in [-0.39, 0.29) is 11.9 Å². The van der Waals surface area contributed by atoms with Crippen LogP contribution in [0.1, 0.15) is 38.8 Å². The van der Waals surface area contributed by atoms with Crippen LogP contribution in [0.4, 0.5) is 5.82 Å². The average molecular weight is 262 g/mol. The number of carbonyl (C=O) groups is 1. The molecule has 0 spiro atoms. The summed E-state index contributed by atoms with van der Waals surface area (Å²) in [5, 5.41) is 3.17. The van der Waals surface area contributed by atoms with Gasteiger partial charge in [0.1, 0.15) is 18.2 Å². The van der Waals surface area contributed by atoms with Gasteiger partial charge in [0, 0.05) is 24.8 Å². The predicted molar refractivity (Wildman–Crippen MR) is 74.9 cm³/mol. The molecule has 1 atom stereocenters. The second-order valence-electron chi connectivity index (χ2n) is 5.00. The minimum Gasteiger partial charge on any atom is -0.359 e. The molecular formula is C14H22N4O. The zero-order valence-corrected chi connectivity index (χ0v) is 11.7. The van der Waals surface area contributed by atoms with Crippen molar-refractivity contribution in [2.24, 2.45) is 0 Å². The summed E-state index contributed by atoms with van der Waals surface area (Å²) in [5.74, 6) is 0.890. The summed E-state index contributed by atoms with van der Waals surface area (Å²) in [6.07, 6.45) is 5.88. The molecule has 0 saturated carbocycles. The van der Waals surface area contributed by atoms with Crippen LogP contribution in [0.5, 0.6) is 0 Å². The van der Waals surface area contributed by atoms with Crippen LogP contribution in [0.25, 0.3) is 0 Å². The van der Waals surface area contributed by atoms with E-state index in [9.17, 15) is 4.79 Å². The Labute approximate surface area is 114 Å². The van der Waals surface area contributed by atoms with E-state index in [1.54, 1.807) is 6.33 Å². The fraction of sp³-hybridized carbons (Fsp3) is 0.643. The molecule has 1 N–H and O–H groups in total. The fourth-order valence-corrected chi connectivity index (χ4v) is 2.34. The largest absolute Gasteiger partial charge is 0.359 e. The molecule has 0 aromatic carbocycles. The first-order chi connectivity index (χ1) is 9.20. The van der Waals surface area contributed by atoms with E-state index in [0.717, 1.165) is 43.9 Å². The summed E-state index contributed by atoms with van der Waals surface area (Å²) >= 11 is 0. The first-order valence-electron chi connectivity index (χ1n) is 7.07. The van der Waals surface area contributed by atoms with Crippen LogP contribution in [-0.2, 0) is 11.2 Å². The van der Waals surface area contributed by atoms with Gasteiger partial charge < -0.3 is 10.2 Å². The van der Waals surface area contributed by atoms with Crippen LogP contribution < -0.4 is 5.32 Å². The average Bonchev–Trinajstić information content (AvgIpc) is 2.47. The number of nitrogens with one attached hydrogen (secondary N) is 1. The molecule has 1 aliphatic heterocycles. The molecule has 1 aromatic heterocycles. The Kier molecular flexibility index (Phi) is 4.71. The minimum absolute atomic E-state index is 0.163. The number of piperidine rings is 1. The zero-order valence-electron chi connectivity index (χ0n) is 11.7. The molecule has 0 bridgehead atoms. The number of anilines is 1. The van der Waals surface area contributed by atoms with Crippen LogP contribution in [0.3, 0.4) is 0 Å². The van der Waals surface area contributed by atoms with Crippen molar-refractivity contribution in [1.82, 2.24) is 14.9 Å². The van der Waals surface area contributed by atoms with Crippen molar-refractivity contribution in [3.05, 3.63) is 18.1 Å². The Morgan fingerprint density at radius 3 is 2.79 bits per heavy atom. The van der Waals surface area contributed by atoms with E-state index in [4.69, 9.17) is 0 Å². The minimum atomic E-state index is -0.238. The highest BCUT2D eigenvalue weighted by Crippen LogP contribution is 2.12. The monoisotopic (exact) mass is 262 g/mol. The number of aromatic nitrogens is 2. The lowest BCUT2D eigenvalue weighted by Gasteiger charge is -2.29. The van der Waals surface area contributed by atoms with Gasteiger partial charge in [-0.15, -0.1) is 0 Å². The van der Waals surface area contributed by atoms with Gasteiger partial charge in [0.15, 0.2) is 0 Å². The summed E-state index contributed by atoms with van der Waals surface area (Å²) < 4.78 is 0. The van der Waals surface area contributed by atoms with Crippen LogP contribution in [0.15, 0.2) is 12.4 Å². The molecule has 1 aromatic rings. The second-order valence-corrected chi connectivity index (χ2v) is 5.00. The lowest BCUT2D eigenvalue weighted by molar-refractivity contribution is -0.132. The fourth-order valence-electron chi connectivity index (χ4n) is 2.34. The Morgan fingerprint density at radius 2 is 2.11 bits per heavy atom. The van der Waals surface area contributed by atoms with Crippen molar-refractivity contribution in [2.75, 3.05) is 18.4 Å². The van der Waals surface area contributed by atoms with E-state index < -0.39 is 0 Å². The third kappa shape index (κ3) is 3.66. The van der Waals surface area contributed by atoms with Gasteiger partial charge in [0.25, 0.3) is 0 Å². The summed E-state index contributed by atoms with van der Waals surface area (Å²) in [5.41, 5.74) is 0.982. The Morgan fingerprint density at radius 1 is 1.37 bits per heavy atom. The van der Waals surface area contributed by atoms with Gasteiger partial charge in [-0.1, -0.05) is 6.92 Å². The Hall–Kier alpha value is -1.65. The zero-order chi connectivity index (χ0) is 13.7. The van der Waals surface area contributed by atoms with Crippen LogP contribution >= 0.6 is 0 Å². The number of carbonyl (C=O) groups excluding carboxylic acids is 1. The number of hydrogen-bond donors (Lipinski definition) is 1. The smallest absolute Gasteiger partial charge is 0.244 e. The van der Waals surface area contributed by atoms with Crippen molar-refractivity contribution in [3.63, 3.8) is 0 Å². The van der Waals surface area contributed by atoms with Crippen molar-refractivity contribution in [2.45, 2.75) is 45.6 Å². The number of nitrogens with zero attached hydrogens (tertiary/aromatic N) is 3. The normalized spacial score (nSPS) is 17.1. The van der Waals surface area contributed by atoms with Gasteiger partial charge in [-0.3, -0.25) is 4.79 Å². The molecule has 1 amide bonds. The van der Waals surface area contributed by atoms with Crippen molar-refractivity contribution >= 4 is 11.7 Å². The SMILES string of the molecule is CCc1cc(NC(C)C(=O)N2CCCCC2)ncn1. The molecule has 0 aliphatic carbocycles. The molecule has 2 rings (SSSR count). The predicted octanol–water partition coefficient (Wildman–Crippen LogP) is 1.85. The molecule has 1 saturated heterocycles. The van der Waals surface area contributed by atoms with Crippen LogP contribution in [0.2, 0.25) is 0 Å². The van der Waals surface area contributed by atoms with E-state index in [1.165, 1.54) is 6.42 Å². The van der Waals surface area contributed by atoms with Gasteiger partial charge in [0.05, 0.1) is 0 Å². The molecule has 19 heavy (non-hydrogen) atoms. The molecule has 1 aliphatic rings. The lowest BCUT2D eigenvalue weighted by Crippen LogP contribution is -2.44. The molecule has 0 radical (unpaired) electrons. The van der Waals surface area contributed by atoms with Gasteiger partial charge >= 0.3 is 0 Å². The van der Waals surface area contributed by atoms with Crippen molar-refractivity contribution < 1.29 is 4.79 Å². The maximum atomic E-state index is 12.3. The van der Waals surface area contributed by atoms with E-state index in [1.807, 2.05) is 17.9 Å². The van der Waals surface area contributed by atoms with Gasteiger partial charge in [-0.2, -0.15) is 0 Å². The highest BCUT2D eigenvalue weighted by atomic mass is 16.2. The number of hydrogen-bond acceptors (Lipinski definition) is 4. The molecule has 2 heterocycles. The standard InChI is InChI=1S/C14H22N4O/c1-3-12-9-13(16-10-15-12)17-11(2)14(19)18-7-5-4-6-8-18/h9-11H,3-8H2,1-2H3,(H,15,16,17). The molecule has 104 valence electrons. The lowest BCUT2D eigenvalue weighted by atomic mass is 10.1. The molecule has 5 nitrogen and oxygen atoms in total.